The Hall–Kier alpha value is -3.67. The molecule has 1 atom stereocenters. The fourth-order valence-electron chi connectivity index (χ4n) is 3.94. The molecule has 0 saturated carbocycles. The van der Waals surface area contributed by atoms with E-state index in [-0.39, 0.29) is 23.8 Å². The van der Waals surface area contributed by atoms with Crippen molar-refractivity contribution in [1.82, 2.24) is 15.1 Å². The summed E-state index contributed by atoms with van der Waals surface area (Å²) in [6.45, 7) is 11.1. The molecule has 0 fully saturated rings. The Morgan fingerprint density at radius 1 is 1.30 bits per heavy atom. The van der Waals surface area contributed by atoms with Gasteiger partial charge in [0.05, 0.1) is 18.6 Å². The van der Waals surface area contributed by atoms with Crippen LogP contribution in [0, 0.1) is 11.3 Å². The number of hydrogen-bond acceptors (Lipinski definition) is 7. The molecule has 1 unspecified atom stereocenters. The predicted octanol–water partition coefficient (Wildman–Crippen LogP) is 3.18. The van der Waals surface area contributed by atoms with Gasteiger partial charge in [0.1, 0.15) is 11.6 Å². The van der Waals surface area contributed by atoms with Crippen molar-refractivity contribution < 1.29 is 19.0 Å². The number of aromatic nitrogens is 2. The van der Waals surface area contributed by atoms with Crippen LogP contribution in [0.3, 0.4) is 0 Å². The molecule has 1 aromatic heterocycles. The van der Waals surface area contributed by atoms with Crippen LogP contribution in [0.15, 0.2) is 29.7 Å². The average Bonchev–Trinajstić information content (AvgIpc) is 3.21. The zero-order valence-electron chi connectivity index (χ0n) is 20.0. The molecule has 1 aliphatic rings. The summed E-state index contributed by atoms with van der Waals surface area (Å²) in [4.78, 5) is 14.0. The summed E-state index contributed by atoms with van der Waals surface area (Å²) in [5, 5.41) is 17.2. The van der Waals surface area contributed by atoms with Crippen LogP contribution >= 0.6 is 0 Å². The quantitative estimate of drug-likeness (QED) is 0.659. The zero-order valence-corrected chi connectivity index (χ0v) is 20.0. The number of rotatable bonds is 7. The Morgan fingerprint density at radius 2 is 2.00 bits per heavy atom. The Kier molecular flexibility index (Phi) is 6.86. The van der Waals surface area contributed by atoms with Crippen LogP contribution in [0.1, 0.15) is 57.4 Å². The van der Waals surface area contributed by atoms with E-state index in [2.05, 4.69) is 37.0 Å². The highest BCUT2D eigenvalue weighted by atomic mass is 16.5. The second-order valence-electron chi connectivity index (χ2n) is 8.76. The van der Waals surface area contributed by atoms with Gasteiger partial charge in [-0.15, -0.1) is 5.10 Å². The Labute approximate surface area is 194 Å². The van der Waals surface area contributed by atoms with E-state index >= 15 is 0 Å². The highest BCUT2D eigenvalue weighted by Gasteiger charge is 2.38. The van der Waals surface area contributed by atoms with Gasteiger partial charge >= 0.3 is 0 Å². The maximum atomic E-state index is 12.3. The second-order valence-corrected chi connectivity index (χ2v) is 8.76. The minimum atomic E-state index is -0.494. The van der Waals surface area contributed by atoms with Crippen LogP contribution in [0.25, 0.3) is 0 Å². The minimum Gasteiger partial charge on any atom is -0.493 e. The number of nitriles is 1. The molecule has 9 heteroatoms. The van der Waals surface area contributed by atoms with E-state index in [1.165, 1.54) is 7.11 Å². The largest absolute Gasteiger partial charge is 0.493 e. The normalized spacial score (nSPS) is 15.4. The van der Waals surface area contributed by atoms with Gasteiger partial charge in [-0.2, -0.15) is 5.26 Å². The third-order valence-electron chi connectivity index (χ3n) is 5.68. The highest BCUT2D eigenvalue weighted by molar-refractivity contribution is 5.77. The molecule has 0 spiro atoms. The van der Waals surface area contributed by atoms with E-state index in [4.69, 9.17) is 19.9 Å². The number of amides is 1. The predicted molar refractivity (Wildman–Crippen MR) is 123 cm³/mol. The first-order chi connectivity index (χ1) is 15.7. The third kappa shape index (κ3) is 4.60. The number of H-pyrrole nitrogens is 1. The number of ether oxygens (including phenoxy) is 3. The lowest BCUT2D eigenvalue weighted by atomic mass is 9.79. The number of carbonyl (C=O) groups is 1. The molecule has 0 radical (unpaired) electrons. The van der Waals surface area contributed by atoms with Gasteiger partial charge in [0.15, 0.2) is 18.1 Å². The molecule has 0 bridgehead atoms. The summed E-state index contributed by atoms with van der Waals surface area (Å²) in [5.74, 6) is 0.664. The maximum absolute atomic E-state index is 12.3. The van der Waals surface area contributed by atoms with Crippen LogP contribution in [0.4, 0.5) is 0 Å². The topological polar surface area (TPSA) is 126 Å². The number of methoxy groups -OCH3 is 1. The smallest absolute Gasteiger partial charge is 0.260 e. The summed E-state index contributed by atoms with van der Waals surface area (Å²) in [6.07, 6.45) is 0. The van der Waals surface area contributed by atoms with Gasteiger partial charge in [-0.1, -0.05) is 26.8 Å². The van der Waals surface area contributed by atoms with Crippen LogP contribution in [-0.4, -0.2) is 47.8 Å². The van der Waals surface area contributed by atoms with Crippen LogP contribution in [0.2, 0.25) is 0 Å². The first kappa shape index (κ1) is 24.0. The summed E-state index contributed by atoms with van der Waals surface area (Å²) in [5.41, 5.74) is 8.48. The van der Waals surface area contributed by atoms with Crippen LogP contribution in [0.5, 0.6) is 17.4 Å². The van der Waals surface area contributed by atoms with Crippen LogP contribution in [-0.2, 0) is 10.2 Å². The molecule has 0 aliphatic carbocycles. The van der Waals surface area contributed by atoms with Crippen molar-refractivity contribution in [3.05, 3.63) is 46.5 Å². The lowest BCUT2D eigenvalue weighted by Gasteiger charge is -2.27. The second kappa shape index (κ2) is 9.45. The van der Waals surface area contributed by atoms with Gasteiger partial charge < -0.3 is 24.8 Å². The van der Waals surface area contributed by atoms with Crippen LogP contribution < -0.4 is 19.9 Å². The average molecular weight is 454 g/mol. The summed E-state index contributed by atoms with van der Waals surface area (Å²) < 4.78 is 17.0. The molecule has 1 amide bonds. The Morgan fingerprint density at radius 3 is 2.58 bits per heavy atom. The van der Waals surface area contributed by atoms with Crippen molar-refractivity contribution >= 4 is 5.91 Å². The van der Waals surface area contributed by atoms with E-state index in [9.17, 15) is 10.1 Å². The number of aromatic amines is 1. The maximum Gasteiger partial charge on any atom is 0.260 e. The van der Waals surface area contributed by atoms with Crippen molar-refractivity contribution in [2.45, 2.75) is 46.0 Å². The van der Waals surface area contributed by atoms with Gasteiger partial charge in [0.2, 0.25) is 11.8 Å². The molecule has 2 aromatic rings. The molecule has 3 N–H and O–H groups in total. The number of nitrogens with zero attached hydrogens (tertiary/aromatic N) is 3. The molecule has 9 nitrogen and oxygen atoms in total. The fourth-order valence-corrected chi connectivity index (χ4v) is 3.94. The fraction of sp³-hybridized carbons (Fsp3) is 0.458. The number of nitrogens with one attached hydrogen (secondary N) is 1. The van der Waals surface area contributed by atoms with E-state index in [0.717, 1.165) is 16.8 Å². The first-order valence-corrected chi connectivity index (χ1v) is 10.9. The highest BCUT2D eigenvalue weighted by Crippen LogP contribution is 2.46. The zero-order chi connectivity index (χ0) is 24.3. The number of nitrogens with two attached hydrogens (primary N) is 1. The number of carbonyl (C=O) groups excluding carboxylic acids is 1. The molecule has 1 aliphatic heterocycles. The SMILES string of the molecule is CCN(CC)C(=O)COc1ccc(C2C(C#N)=C(N)Oc3n[nH]c(C(C)(C)C)c32)cc1OC. The molecule has 0 saturated heterocycles. The molecule has 1 aromatic carbocycles. The van der Waals surface area contributed by atoms with E-state index in [1.807, 2.05) is 19.9 Å². The standard InChI is InChI=1S/C24H31N5O4/c1-7-29(8-2)18(30)13-32-16-10-9-14(11-17(16)31-6)19-15(12-25)22(26)33-23-20(19)21(27-28-23)24(3,4)5/h9-11,19H,7-8,13,26H2,1-6H3,(H,27,28). The van der Waals surface area contributed by atoms with Crippen molar-refractivity contribution in [3.63, 3.8) is 0 Å². The summed E-state index contributed by atoms with van der Waals surface area (Å²) in [7, 11) is 1.53. The third-order valence-corrected chi connectivity index (χ3v) is 5.68. The molecular formula is C24H31N5O4. The number of hydrogen-bond donors (Lipinski definition) is 2. The van der Waals surface area contributed by atoms with Crippen molar-refractivity contribution in [1.29, 1.82) is 5.26 Å². The Balaban J connectivity index is 2.02. The number of likely N-dealkylation sites (N-methyl/N-ethyl adjacent to an activating group) is 1. The molecule has 3 rings (SSSR count). The Bertz CT molecular complexity index is 1100. The van der Waals surface area contributed by atoms with E-state index in [0.29, 0.717) is 36.0 Å². The monoisotopic (exact) mass is 453 g/mol. The molecule has 2 heterocycles. The summed E-state index contributed by atoms with van der Waals surface area (Å²) >= 11 is 0. The number of fused-ring (bicyclic) bond motifs is 1. The molecule has 33 heavy (non-hydrogen) atoms. The lowest BCUT2D eigenvalue weighted by molar-refractivity contribution is -0.132. The van der Waals surface area contributed by atoms with Gasteiger partial charge in [-0.3, -0.25) is 9.89 Å². The number of allylic oxidation sites excluding steroid dienone is 1. The van der Waals surface area contributed by atoms with Crippen molar-refractivity contribution in [3.8, 4) is 23.4 Å². The van der Waals surface area contributed by atoms with Crippen molar-refractivity contribution in [2.24, 2.45) is 5.73 Å². The van der Waals surface area contributed by atoms with E-state index < -0.39 is 5.92 Å². The van der Waals surface area contributed by atoms with Gasteiger partial charge in [-0.25, -0.2) is 0 Å². The van der Waals surface area contributed by atoms with Crippen molar-refractivity contribution in [2.75, 3.05) is 26.8 Å². The molecular weight excluding hydrogens is 422 g/mol. The lowest BCUT2D eigenvalue weighted by Crippen LogP contribution is -2.34. The molecule has 176 valence electrons. The van der Waals surface area contributed by atoms with Gasteiger partial charge in [0.25, 0.3) is 5.91 Å². The minimum absolute atomic E-state index is 0.0195. The van der Waals surface area contributed by atoms with E-state index in [1.54, 1.807) is 17.0 Å². The van der Waals surface area contributed by atoms with Gasteiger partial charge in [-0.05, 0) is 31.5 Å². The number of benzene rings is 1. The first-order valence-electron chi connectivity index (χ1n) is 10.9. The summed E-state index contributed by atoms with van der Waals surface area (Å²) in [6, 6.07) is 7.56. The van der Waals surface area contributed by atoms with Gasteiger partial charge in [0, 0.05) is 24.2 Å².